The second kappa shape index (κ2) is 20.6. The molecule has 2 aromatic rings. The Hall–Kier alpha value is -3.84. The number of benzene rings is 1. The fourth-order valence-corrected chi connectivity index (χ4v) is 6.86. The number of ether oxygens (including phenoxy) is 1. The lowest BCUT2D eigenvalue weighted by molar-refractivity contribution is -0.134. The first-order valence-electron chi connectivity index (χ1n) is 17.2. The van der Waals surface area contributed by atoms with Gasteiger partial charge in [-0.25, -0.2) is 9.78 Å². The van der Waals surface area contributed by atoms with Crippen molar-refractivity contribution in [3.63, 3.8) is 0 Å². The van der Waals surface area contributed by atoms with Gasteiger partial charge in [0.05, 0.1) is 24.2 Å². The zero-order valence-corrected chi connectivity index (χ0v) is 29.8. The van der Waals surface area contributed by atoms with E-state index in [9.17, 15) is 24.3 Å². The van der Waals surface area contributed by atoms with E-state index in [-0.39, 0.29) is 30.4 Å². The number of nitrogens with zero attached hydrogens (tertiary/aromatic N) is 1. The van der Waals surface area contributed by atoms with Gasteiger partial charge in [-0.15, -0.1) is 6.58 Å². The number of nitrogens with one attached hydrogen (secondary N) is 4. The summed E-state index contributed by atoms with van der Waals surface area (Å²) in [6, 6.07) is 6.40. The van der Waals surface area contributed by atoms with Crippen molar-refractivity contribution < 1.29 is 29.0 Å². The average molecular weight is 699 g/mol. The summed E-state index contributed by atoms with van der Waals surface area (Å²) in [6.07, 6.45) is 10.4. The summed E-state index contributed by atoms with van der Waals surface area (Å²) < 4.78 is 5.02. The van der Waals surface area contributed by atoms with Gasteiger partial charge < -0.3 is 36.5 Å². The number of imidazole rings is 1. The first kappa shape index (κ1) is 39.6. The summed E-state index contributed by atoms with van der Waals surface area (Å²) >= 11 is 1.28. The summed E-state index contributed by atoms with van der Waals surface area (Å²) in [5.41, 5.74) is 6.52. The third-order valence-corrected chi connectivity index (χ3v) is 9.80. The van der Waals surface area contributed by atoms with Crippen LogP contribution in [0, 0.1) is 17.8 Å². The molecule has 0 saturated heterocycles. The van der Waals surface area contributed by atoms with Gasteiger partial charge in [0, 0.05) is 24.8 Å². The molecule has 4 amide bonds. The van der Waals surface area contributed by atoms with Crippen molar-refractivity contribution >= 4 is 35.6 Å². The van der Waals surface area contributed by atoms with E-state index in [4.69, 9.17) is 10.5 Å². The summed E-state index contributed by atoms with van der Waals surface area (Å²) in [7, 11) is 0. The van der Waals surface area contributed by atoms with Crippen LogP contribution >= 0.6 is 11.8 Å². The lowest BCUT2D eigenvalue weighted by Crippen LogP contribution is -2.58. The zero-order chi connectivity index (χ0) is 35.8. The Morgan fingerprint density at radius 2 is 1.69 bits per heavy atom. The molecule has 1 saturated carbocycles. The molecule has 6 atom stereocenters. The second-order valence-electron chi connectivity index (χ2n) is 13.3. The number of aliphatic hydroxyl groups excluding tert-OH is 1. The van der Waals surface area contributed by atoms with Crippen LogP contribution in [0.15, 0.2) is 55.5 Å². The van der Waals surface area contributed by atoms with Gasteiger partial charge in [0.15, 0.2) is 6.10 Å². The van der Waals surface area contributed by atoms with Crippen molar-refractivity contribution in [3.05, 3.63) is 66.8 Å². The summed E-state index contributed by atoms with van der Waals surface area (Å²) in [4.78, 5) is 60.0. The van der Waals surface area contributed by atoms with Crippen LogP contribution in [0.25, 0.3) is 0 Å². The molecule has 49 heavy (non-hydrogen) atoms. The van der Waals surface area contributed by atoms with Gasteiger partial charge in [-0.1, -0.05) is 82.4 Å². The van der Waals surface area contributed by atoms with Gasteiger partial charge in [0.1, 0.15) is 12.1 Å². The molecule has 1 heterocycles. The van der Waals surface area contributed by atoms with Gasteiger partial charge in [-0.05, 0) is 42.4 Å². The largest absolute Gasteiger partial charge is 0.435 e. The number of rotatable bonds is 20. The van der Waals surface area contributed by atoms with Gasteiger partial charge in [0.2, 0.25) is 11.8 Å². The maximum Gasteiger partial charge on any atom is 0.405 e. The van der Waals surface area contributed by atoms with E-state index in [1.165, 1.54) is 24.5 Å². The van der Waals surface area contributed by atoms with E-state index in [0.29, 0.717) is 24.5 Å². The molecule has 1 aromatic carbocycles. The number of carbonyl (C=O) groups is 4. The molecule has 0 aliphatic heterocycles. The number of carbonyl (C=O) groups excluding carboxylic acids is 4. The normalized spacial score (nSPS) is 17.2. The summed E-state index contributed by atoms with van der Waals surface area (Å²) in [5, 5.41) is 20.2. The molecule has 0 bridgehead atoms. The third kappa shape index (κ3) is 13.5. The SMILES string of the molecule is C=C[C@@H](C[C@@H](O)[C@H](CC1CCCCC1)NC(=O)[C@H](Cc1c[nH]cn1)NC(=O)[C@H](Cc1ccccc1)NC(=O)[C@@H](CSC)OC(N)=O)C(C)C. The number of aromatic amines is 1. The van der Waals surface area contributed by atoms with Crippen LogP contribution in [0.4, 0.5) is 4.79 Å². The first-order chi connectivity index (χ1) is 23.5. The van der Waals surface area contributed by atoms with Crippen LogP contribution in [0.3, 0.4) is 0 Å². The maximum absolute atomic E-state index is 14.1. The monoisotopic (exact) mass is 698 g/mol. The smallest absolute Gasteiger partial charge is 0.405 e. The highest BCUT2D eigenvalue weighted by Gasteiger charge is 2.34. The Morgan fingerprint density at radius 3 is 2.29 bits per heavy atom. The van der Waals surface area contributed by atoms with Crippen molar-refractivity contribution in [2.75, 3.05) is 12.0 Å². The van der Waals surface area contributed by atoms with Crippen molar-refractivity contribution in [3.8, 4) is 0 Å². The number of aliphatic hydroxyl groups is 1. The van der Waals surface area contributed by atoms with Gasteiger partial charge >= 0.3 is 6.09 Å². The highest BCUT2D eigenvalue weighted by Crippen LogP contribution is 2.30. The van der Waals surface area contributed by atoms with Crippen molar-refractivity contribution in [2.24, 2.45) is 23.5 Å². The second-order valence-corrected chi connectivity index (χ2v) is 14.2. The molecule has 3 rings (SSSR count). The van der Waals surface area contributed by atoms with Crippen LogP contribution in [0.5, 0.6) is 0 Å². The van der Waals surface area contributed by atoms with Crippen LogP contribution < -0.4 is 21.7 Å². The number of primary amides is 1. The molecule has 1 aliphatic rings. The van der Waals surface area contributed by atoms with E-state index in [0.717, 1.165) is 31.2 Å². The Labute approximate surface area is 294 Å². The fraction of sp³-hybridized carbons (Fsp3) is 0.583. The minimum absolute atomic E-state index is 0.0659. The number of amides is 4. The van der Waals surface area contributed by atoms with Crippen molar-refractivity contribution in [2.45, 2.75) is 102 Å². The van der Waals surface area contributed by atoms with Crippen LogP contribution in [0.1, 0.15) is 70.1 Å². The minimum atomic E-state index is -1.21. The number of aromatic nitrogens is 2. The molecule has 13 heteroatoms. The first-order valence-corrected chi connectivity index (χ1v) is 18.6. The van der Waals surface area contributed by atoms with Crippen LogP contribution in [-0.4, -0.2) is 81.2 Å². The predicted molar refractivity (Wildman–Crippen MR) is 191 cm³/mol. The Kier molecular flexibility index (Phi) is 16.7. The summed E-state index contributed by atoms with van der Waals surface area (Å²) in [6.45, 7) is 8.12. The lowest BCUT2D eigenvalue weighted by atomic mass is 9.81. The molecule has 7 N–H and O–H groups in total. The van der Waals surface area contributed by atoms with Crippen LogP contribution in [0.2, 0.25) is 0 Å². The predicted octanol–water partition coefficient (Wildman–Crippen LogP) is 3.66. The van der Waals surface area contributed by atoms with Crippen LogP contribution in [-0.2, 0) is 32.0 Å². The zero-order valence-electron chi connectivity index (χ0n) is 28.9. The molecular formula is C36H54N6O6S. The lowest BCUT2D eigenvalue weighted by Gasteiger charge is -2.33. The standard InChI is InChI=1S/C36H54N6O6S/c1-5-26(23(2)3)18-31(43)28(16-24-12-8-6-9-13-24)40-34(45)30(19-27-20-38-22-39-27)41-33(44)29(17-25-14-10-7-11-15-25)42-35(46)32(21-49-4)48-36(37)47/h5,7,10-11,14-15,20,22-24,26,28-32,43H,1,6,8-9,12-13,16-19,21H2,2-4H3,(H2,37,47)(H,38,39)(H,40,45)(H,41,44)(H,42,46)/t26-,28-,29-,30-,31+,32+/m0/s1. The molecule has 0 unspecified atom stereocenters. The Bertz CT molecular complexity index is 1320. The van der Waals surface area contributed by atoms with Gasteiger partial charge in [-0.3, -0.25) is 14.4 Å². The topological polar surface area (TPSA) is 189 Å². The molecule has 1 aromatic heterocycles. The highest BCUT2D eigenvalue weighted by atomic mass is 32.2. The molecule has 0 spiro atoms. The molecule has 270 valence electrons. The van der Waals surface area contributed by atoms with E-state index >= 15 is 0 Å². The molecule has 1 fully saturated rings. The van der Waals surface area contributed by atoms with E-state index in [2.05, 4.69) is 46.3 Å². The number of allylic oxidation sites excluding steroid dienone is 1. The van der Waals surface area contributed by atoms with Crippen molar-refractivity contribution in [1.82, 2.24) is 25.9 Å². The Balaban J connectivity index is 1.87. The number of H-pyrrole nitrogens is 1. The van der Waals surface area contributed by atoms with E-state index in [1.54, 1.807) is 12.5 Å². The molecular weight excluding hydrogens is 644 g/mol. The maximum atomic E-state index is 14.1. The van der Waals surface area contributed by atoms with Crippen molar-refractivity contribution in [1.29, 1.82) is 0 Å². The highest BCUT2D eigenvalue weighted by molar-refractivity contribution is 7.98. The number of nitrogens with two attached hydrogens (primary N) is 1. The summed E-state index contributed by atoms with van der Waals surface area (Å²) in [5.74, 6) is -0.912. The third-order valence-electron chi connectivity index (χ3n) is 9.16. The fourth-order valence-electron chi connectivity index (χ4n) is 6.33. The average Bonchev–Trinajstić information content (AvgIpc) is 3.59. The number of thioether (sulfide) groups is 1. The van der Waals surface area contributed by atoms with Gasteiger partial charge in [-0.2, -0.15) is 11.8 Å². The number of hydrogen-bond donors (Lipinski definition) is 6. The van der Waals surface area contributed by atoms with E-state index < -0.39 is 54.1 Å². The van der Waals surface area contributed by atoms with E-state index in [1.807, 2.05) is 36.4 Å². The minimum Gasteiger partial charge on any atom is -0.435 e. The number of hydrogen-bond acceptors (Lipinski definition) is 8. The molecule has 1 aliphatic carbocycles. The Morgan fingerprint density at radius 1 is 1.04 bits per heavy atom. The quantitative estimate of drug-likeness (QED) is 0.113. The molecule has 0 radical (unpaired) electrons. The van der Waals surface area contributed by atoms with Gasteiger partial charge in [0.25, 0.3) is 5.91 Å². The molecule has 12 nitrogen and oxygen atoms in total.